The van der Waals surface area contributed by atoms with E-state index in [0.717, 1.165) is 6.42 Å². The molecule has 1 aromatic heterocycles. The van der Waals surface area contributed by atoms with Crippen molar-refractivity contribution >= 4 is 11.8 Å². The van der Waals surface area contributed by atoms with E-state index in [9.17, 15) is 14.4 Å². The number of nitrogens with zero attached hydrogens (tertiary/aromatic N) is 1. The highest BCUT2D eigenvalue weighted by Crippen LogP contribution is 2.33. The first kappa shape index (κ1) is 13.8. The normalized spacial score (nSPS) is 24.1. The van der Waals surface area contributed by atoms with E-state index in [1.54, 1.807) is 0 Å². The van der Waals surface area contributed by atoms with Gasteiger partial charge in [-0.1, -0.05) is 0 Å². The lowest BCUT2D eigenvalue weighted by Crippen LogP contribution is -2.45. The molecule has 7 nitrogen and oxygen atoms in total. The summed E-state index contributed by atoms with van der Waals surface area (Å²) in [5, 5.41) is 9.10. The average Bonchev–Trinajstić information content (AvgIpc) is 2.47. The van der Waals surface area contributed by atoms with Gasteiger partial charge in [0.2, 0.25) is 5.43 Å². The molecule has 0 amide bonds. The number of methoxy groups -OCH3 is 1. The zero-order valence-electron chi connectivity index (χ0n) is 11.5. The number of rotatable bonds is 2. The highest BCUT2D eigenvalue weighted by molar-refractivity contribution is 6.01. The smallest absolute Gasteiger partial charge is 0.341 e. The number of hydrogen-bond acceptors (Lipinski definition) is 5. The van der Waals surface area contributed by atoms with Crippen molar-refractivity contribution in [3.63, 3.8) is 0 Å². The molecule has 7 heteroatoms. The van der Waals surface area contributed by atoms with Crippen LogP contribution < -0.4 is 10.2 Å². The molecule has 1 fully saturated rings. The molecule has 0 aliphatic carbocycles. The fraction of sp³-hybridized carbons (Fsp3) is 0.500. The first-order valence-electron chi connectivity index (χ1n) is 6.75. The highest BCUT2D eigenvalue weighted by atomic mass is 16.5. The van der Waals surface area contributed by atoms with Crippen LogP contribution in [0.2, 0.25) is 0 Å². The number of Topliss-reactive ketones (excluding diaryl/α,β-unsaturated/α-hetero) is 1. The van der Waals surface area contributed by atoms with Crippen LogP contribution in [0.1, 0.15) is 33.7 Å². The van der Waals surface area contributed by atoms with Gasteiger partial charge in [0, 0.05) is 19.3 Å². The molecule has 0 radical (unpaired) electrons. The number of fused-ring (bicyclic) bond motifs is 2. The van der Waals surface area contributed by atoms with E-state index in [4.69, 9.17) is 14.6 Å². The van der Waals surface area contributed by atoms with Gasteiger partial charge >= 0.3 is 5.97 Å². The van der Waals surface area contributed by atoms with Crippen LogP contribution in [0.25, 0.3) is 0 Å². The molecule has 2 aliphatic heterocycles. The van der Waals surface area contributed by atoms with Crippen molar-refractivity contribution in [3.8, 4) is 5.75 Å². The first-order valence-corrected chi connectivity index (χ1v) is 6.75. The lowest BCUT2D eigenvalue weighted by molar-refractivity contribution is -0.0337. The van der Waals surface area contributed by atoms with Crippen LogP contribution in [-0.4, -0.2) is 41.2 Å². The Bertz CT molecular complexity index is 677. The topological polar surface area (TPSA) is 94.8 Å². The molecule has 21 heavy (non-hydrogen) atoms. The third kappa shape index (κ3) is 2.04. The predicted octanol–water partition coefficient (Wildman–Crippen LogP) is 0.547. The number of ketones is 1. The van der Waals surface area contributed by atoms with E-state index in [-0.39, 0.29) is 29.2 Å². The van der Waals surface area contributed by atoms with Gasteiger partial charge in [-0.3, -0.25) is 9.59 Å². The summed E-state index contributed by atoms with van der Waals surface area (Å²) in [6.07, 6.45) is 2.44. The van der Waals surface area contributed by atoms with Crippen molar-refractivity contribution in [1.29, 1.82) is 0 Å². The summed E-state index contributed by atoms with van der Waals surface area (Å²) in [7, 11) is 1.26. The zero-order valence-corrected chi connectivity index (χ0v) is 11.5. The minimum atomic E-state index is -1.34. The third-order valence-electron chi connectivity index (χ3n) is 4.06. The molecule has 1 aromatic rings. The summed E-state index contributed by atoms with van der Waals surface area (Å²) < 4.78 is 12.1. The molecule has 1 saturated heterocycles. The number of ether oxygens (including phenoxy) is 2. The number of aromatic carboxylic acids is 1. The minimum Gasteiger partial charge on any atom is -0.491 e. The maximum Gasteiger partial charge on any atom is 0.341 e. The van der Waals surface area contributed by atoms with Crippen LogP contribution >= 0.6 is 0 Å². The summed E-state index contributed by atoms with van der Waals surface area (Å²) in [5.41, 5.74) is -1.02. The number of carbonyl (C=O) groups is 2. The molecule has 0 aromatic carbocycles. The molecule has 0 bridgehead atoms. The van der Waals surface area contributed by atoms with Crippen molar-refractivity contribution < 1.29 is 24.2 Å². The maximum atomic E-state index is 12.6. The monoisotopic (exact) mass is 293 g/mol. The van der Waals surface area contributed by atoms with Crippen LogP contribution in [0.15, 0.2) is 11.0 Å². The molecule has 2 aliphatic rings. The van der Waals surface area contributed by atoms with Gasteiger partial charge in [0.25, 0.3) is 0 Å². The summed E-state index contributed by atoms with van der Waals surface area (Å²) in [6.45, 7) is 0.940. The Morgan fingerprint density at radius 1 is 1.48 bits per heavy atom. The van der Waals surface area contributed by atoms with Crippen LogP contribution in [0.4, 0.5) is 0 Å². The van der Waals surface area contributed by atoms with E-state index >= 15 is 0 Å². The Morgan fingerprint density at radius 2 is 2.24 bits per heavy atom. The zero-order chi connectivity index (χ0) is 15.1. The highest BCUT2D eigenvalue weighted by Gasteiger charge is 2.40. The number of carbonyl (C=O) groups excluding carboxylic acids is 1. The Kier molecular flexibility index (Phi) is 3.29. The van der Waals surface area contributed by atoms with E-state index in [1.807, 2.05) is 0 Å². The van der Waals surface area contributed by atoms with Crippen molar-refractivity contribution in [2.24, 2.45) is 5.92 Å². The van der Waals surface area contributed by atoms with Crippen LogP contribution in [0.3, 0.4) is 0 Å². The van der Waals surface area contributed by atoms with Gasteiger partial charge in [0.1, 0.15) is 11.3 Å². The van der Waals surface area contributed by atoms with Crippen molar-refractivity contribution in [1.82, 2.24) is 4.57 Å². The molecule has 0 spiro atoms. The number of carboxylic acid groups (broad SMARTS) is 1. The molecule has 3 rings (SSSR count). The van der Waals surface area contributed by atoms with Gasteiger partial charge in [-0.2, -0.15) is 0 Å². The van der Waals surface area contributed by atoms with Crippen LogP contribution in [-0.2, 0) is 11.3 Å². The second-order valence-corrected chi connectivity index (χ2v) is 5.23. The lowest BCUT2D eigenvalue weighted by Gasteiger charge is -2.36. The molecule has 0 saturated carbocycles. The Labute approximate surface area is 120 Å². The summed E-state index contributed by atoms with van der Waals surface area (Å²) in [6, 6.07) is 0. The SMILES string of the molecule is COc1c2n(cc(C(=O)O)c1=O)CC1OCCCC1C2=O. The van der Waals surface area contributed by atoms with Gasteiger partial charge in [-0.15, -0.1) is 0 Å². The fourth-order valence-electron chi connectivity index (χ4n) is 3.07. The van der Waals surface area contributed by atoms with E-state index in [2.05, 4.69) is 0 Å². The maximum absolute atomic E-state index is 12.6. The second kappa shape index (κ2) is 5.00. The number of aromatic nitrogens is 1. The number of hydrogen-bond donors (Lipinski definition) is 1. The predicted molar refractivity (Wildman–Crippen MR) is 71.0 cm³/mol. The second-order valence-electron chi connectivity index (χ2n) is 5.23. The summed E-state index contributed by atoms with van der Waals surface area (Å²) in [4.78, 5) is 35.9. The summed E-state index contributed by atoms with van der Waals surface area (Å²) >= 11 is 0. The Morgan fingerprint density at radius 3 is 2.90 bits per heavy atom. The molecular weight excluding hydrogens is 278 g/mol. The molecule has 2 unspecified atom stereocenters. The molecule has 1 N–H and O–H groups in total. The quantitative estimate of drug-likeness (QED) is 0.855. The number of pyridine rings is 1. The van der Waals surface area contributed by atoms with Crippen molar-refractivity contribution in [3.05, 3.63) is 27.7 Å². The van der Waals surface area contributed by atoms with Gasteiger partial charge in [-0.05, 0) is 12.8 Å². The fourth-order valence-corrected chi connectivity index (χ4v) is 3.07. The Hall–Kier alpha value is -2.15. The summed E-state index contributed by atoms with van der Waals surface area (Å²) in [5.74, 6) is -2.03. The molecule has 3 heterocycles. The van der Waals surface area contributed by atoms with Gasteiger partial charge in [-0.25, -0.2) is 4.79 Å². The molecule has 2 atom stereocenters. The molecule has 112 valence electrons. The average molecular weight is 293 g/mol. The van der Waals surface area contributed by atoms with E-state index in [1.165, 1.54) is 17.9 Å². The van der Waals surface area contributed by atoms with Crippen molar-refractivity contribution in [2.45, 2.75) is 25.5 Å². The first-order chi connectivity index (χ1) is 10.0. The van der Waals surface area contributed by atoms with E-state index in [0.29, 0.717) is 19.6 Å². The van der Waals surface area contributed by atoms with E-state index < -0.39 is 17.0 Å². The Balaban J connectivity index is 2.20. The third-order valence-corrected chi connectivity index (χ3v) is 4.06. The van der Waals surface area contributed by atoms with Crippen LogP contribution in [0.5, 0.6) is 5.75 Å². The number of carboxylic acids is 1. The van der Waals surface area contributed by atoms with Crippen molar-refractivity contribution in [2.75, 3.05) is 13.7 Å². The van der Waals surface area contributed by atoms with Gasteiger partial charge in [0.05, 0.1) is 19.1 Å². The molecular formula is C14H15NO6. The van der Waals surface area contributed by atoms with Gasteiger partial charge < -0.3 is 19.1 Å². The minimum absolute atomic E-state index is 0.152. The van der Waals surface area contributed by atoms with Crippen LogP contribution in [0, 0.1) is 5.92 Å². The standard InChI is InChI=1S/C14H15NO6/c1-20-13-10-11(16)7-3-2-4-21-9(7)6-15(10)5-8(12(13)17)14(18)19/h5,7,9H,2-4,6H2,1H3,(H,18,19). The van der Waals surface area contributed by atoms with Gasteiger partial charge in [0.15, 0.2) is 11.5 Å². The largest absolute Gasteiger partial charge is 0.491 e. The lowest BCUT2D eigenvalue weighted by atomic mass is 9.85.